The van der Waals surface area contributed by atoms with E-state index in [0.29, 0.717) is 12.8 Å². The molecule has 0 aliphatic carbocycles. The number of hydrogen-bond donors (Lipinski definition) is 1. The molecule has 1 N–H and O–H groups in total. The summed E-state index contributed by atoms with van der Waals surface area (Å²) in [7, 11) is -2.91. The molecule has 0 bridgehead atoms. The average Bonchev–Trinajstić information content (AvgIpc) is 2.78. The zero-order valence-corrected chi connectivity index (χ0v) is 14.7. The molecule has 0 aromatic heterocycles. The fourth-order valence-electron chi connectivity index (χ4n) is 2.70. The first-order valence-corrected chi connectivity index (χ1v) is 10.4. The Morgan fingerprint density at radius 3 is 2.59 bits per heavy atom. The second-order valence-electron chi connectivity index (χ2n) is 5.76. The van der Waals surface area contributed by atoms with Gasteiger partial charge >= 0.3 is 0 Å². The van der Waals surface area contributed by atoms with Crippen LogP contribution in [-0.2, 0) is 14.6 Å². The molecule has 1 aliphatic rings. The number of hydrogen-bond acceptors (Lipinski definition) is 4. The van der Waals surface area contributed by atoms with Gasteiger partial charge in [0.25, 0.3) is 0 Å². The SMILES string of the molecule is CCSc1ccc([C@H](C)NC(=O)C[C@H]2CCS(=O)(=O)C2)cc1. The summed E-state index contributed by atoms with van der Waals surface area (Å²) in [6.07, 6.45) is 0.903. The molecule has 6 heteroatoms. The highest BCUT2D eigenvalue weighted by molar-refractivity contribution is 7.99. The maximum Gasteiger partial charge on any atom is 0.220 e. The van der Waals surface area contributed by atoms with Gasteiger partial charge in [-0.15, -0.1) is 11.8 Å². The van der Waals surface area contributed by atoms with Gasteiger partial charge < -0.3 is 5.32 Å². The number of benzene rings is 1. The third-order valence-electron chi connectivity index (χ3n) is 3.87. The molecule has 22 heavy (non-hydrogen) atoms. The molecule has 0 saturated carbocycles. The first-order chi connectivity index (χ1) is 10.4. The monoisotopic (exact) mass is 341 g/mol. The van der Waals surface area contributed by atoms with E-state index in [9.17, 15) is 13.2 Å². The van der Waals surface area contributed by atoms with E-state index in [0.717, 1.165) is 11.3 Å². The van der Waals surface area contributed by atoms with Crippen LogP contribution in [0.4, 0.5) is 0 Å². The molecule has 1 aromatic rings. The zero-order valence-electron chi connectivity index (χ0n) is 13.0. The Hall–Kier alpha value is -1.01. The van der Waals surface area contributed by atoms with Crippen LogP contribution in [-0.4, -0.2) is 31.6 Å². The minimum Gasteiger partial charge on any atom is -0.350 e. The zero-order chi connectivity index (χ0) is 16.2. The molecule has 0 spiro atoms. The van der Waals surface area contributed by atoms with Gasteiger partial charge in [0, 0.05) is 11.3 Å². The minimum absolute atomic E-state index is 0.0273. The number of rotatable bonds is 6. The van der Waals surface area contributed by atoms with E-state index in [1.807, 2.05) is 19.1 Å². The molecule has 1 saturated heterocycles. The lowest BCUT2D eigenvalue weighted by Gasteiger charge is -2.16. The number of nitrogens with one attached hydrogen (secondary N) is 1. The Balaban J connectivity index is 1.85. The minimum atomic E-state index is -2.91. The van der Waals surface area contributed by atoms with Crippen LogP contribution in [0.25, 0.3) is 0 Å². The first kappa shape index (κ1) is 17.3. The van der Waals surface area contributed by atoms with Gasteiger partial charge in [-0.05, 0) is 42.7 Å². The van der Waals surface area contributed by atoms with Crippen LogP contribution in [0.3, 0.4) is 0 Å². The van der Waals surface area contributed by atoms with Gasteiger partial charge in [0.15, 0.2) is 9.84 Å². The third-order valence-corrected chi connectivity index (χ3v) is 6.60. The lowest BCUT2D eigenvalue weighted by atomic mass is 10.0. The van der Waals surface area contributed by atoms with Crippen LogP contribution in [0, 0.1) is 5.92 Å². The lowest BCUT2D eigenvalue weighted by Crippen LogP contribution is -2.28. The summed E-state index contributed by atoms with van der Waals surface area (Å²) in [5.74, 6) is 1.31. The Kier molecular flexibility index (Phi) is 5.92. The molecule has 1 fully saturated rings. The quantitative estimate of drug-likeness (QED) is 0.808. The topological polar surface area (TPSA) is 63.2 Å². The van der Waals surface area contributed by atoms with Crippen molar-refractivity contribution in [3.05, 3.63) is 29.8 Å². The van der Waals surface area contributed by atoms with Crippen molar-refractivity contribution >= 4 is 27.5 Å². The third kappa shape index (κ3) is 5.02. The molecule has 1 heterocycles. The number of carbonyl (C=O) groups excluding carboxylic acids is 1. The van der Waals surface area contributed by atoms with Gasteiger partial charge in [0.2, 0.25) is 5.91 Å². The predicted molar refractivity (Wildman–Crippen MR) is 90.8 cm³/mol. The highest BCUT2D eigenvalue weighted by Crippen LogP contribution is 2.23. The second-order valence-corrected chi connectivity index (χ2v) is 9.33. The summed E-state index contributed by atoms with van der Waals surface area (Å²) in [5, 5.41) is 2.96. The Morgan fingerprint density at radius 1 is 1.36 bits per heavy atom. The van der Waals surface area contributed by atoms with E-state index in [4.69, 9.17) is 0 Å². The van der Waals surface area contributed by atoms with Crippen LogP contribution in [0.5, 0.6) is 0 Å². The van der Waals surface area contributed by atoms with E-state index in [-0.39, 0.29) is 29.4 Å². The number of carbonyl (C=O) groups is 1. The number of sulfone groups is 1. The average molecular weight is 341 g/mol. The largest absolute Gasteiger partial charge is 0.350 e. The molecule has 2 atom stereocenters. The number of thioether (sulfide) groups is 1. The van der Waals surface area contributed by atoms with E-state index in [2.05, 4.69) is 24.4 Å². The van der Waals surface area contributed by atoms with Crippen molar-refractivity contribution < 1.29 is 13.2 Å². The highest BCUT2D eigenvalue weighted by Gasteiger charge is 2.29. The Bertz CT molecular complexity index is 611. The summed E-state index contributed by atoms with van der Waals surface area (Å²) < 4.78 is 22.8. The van der Waals surface area contributed by atoms with Gasteiger partial charge in [0.1, 0.15) is 0 Å². The molecule has 0 unspecified atom stereocenters. The summed E-state index contributed by atoms with van der Waals surface area (Å²) in [6.45, 7) is 4.07. The van der Waals surface area contributed by atoms with Crippen LogP contribution >= 0.6 is 11.8 Å². The molecule has 1 amide bonds. The van der Waals surface area contributed by atoms with Crippen molar-refractivity contribution in [2.45, 2.75) is 37.6 Å². The summed E-state index contributed by atoms with van der Waals surface area (Å²) in [4.78, 5) is 13.3. The molecular weight excluding hydrogens is 318 g/mol. The van der Waals surface area contributed by atoms with Crippen LogP contribution in [0.1, 0.15) is 38.3 Å². The van der Waals surface area contributed by atoms with Crippen LogP contribution in [0.15, 0.2) is 29.2 Å². The fourth-order valence-corrected chi connectivity index (χ4v) is 5.22. The smallest absolute Gasteiger partial charge is 0.220 e. The molecular formula is C16H23NO3S2. The molecule has 0 radical (unpaired) electrons. The fraction of sp³-hybridized carbons (Fsp3) is 0.562. The van der Waals surface area contributed by atoms with Gasteiger partial charge in [0.05, 0.1) is 17.5 Å². The highest BCUT2D eigenvalue weighted by atomic mass is 32.2. The summed E-state index contributed by atoms with van der Waals surface area (Å²) in [6, 6.07) is 8.13. The van der Waals surface area contributed by atoms with E-state index in [1.165, 1.54) is 4.90 Å². The van der Waals surface area contributed by atoms with Crippen molar-refractivity contribution in [1.29, 1.82) is 0 Å². The van der Waals surface area contributed by atoms with Gasteiger partial charge in [-0.3, -0.25) is 4.79 Å². The van der Waals surface area contributed by atoms with Crippen molar-refractivity contribution in [3.8, 4) is 0 Å². The van der Waals surface area contributed by atoms with Crippen molar-refractivity contribution in [2.75, 3.05) is 17.3 Å². The van der Waals surface area contributed by atoms with Crippen molar-refractivity contribution in [2.24, 2.45) is 5.92 Å². The lowest BCUT2D eigenvalue weighted by molar-refractivity contribution is -0.122. The Labute approximate surface area is 137 Å². The van der Waals surface area contributed by atoms with Crippen molar-refractivity contribution in [1.82, 2.24) is 5.32 Å². The van der Waals surface area contributed by atoms with Gasteiger partial charge in [-0.2, -0.15) is 0 Å². The maximum absolute atomic E-state index is 12.1. The molecule has 122 valence electrons. The predicted octanol–water partition coefficient (Wildman–Crippen LogP) is 2.80. The van der Waals surface area contributed by atoms with Gasteiger partial charge in [-0.1, -0.05) is 19.1 Å². The van der Waals surface area contributed by atoms with E-state index >= 15 is 0 Å². The van der Waals surface area contributed by atoms with Crippen LogP contribution < -0.4 is 5.32 Å². The maximum atomic E-state index is 12.1. The summed E-state index contributed by atoms with van der Waals surface area (Å²) in [5.41, 5.74) is 1.06. The number of amides is 1. The standard InChI is InChI=1S/C16H23NO3S2/c1-3-21-15-6-4-14(5-7-15)12(2)17-16(18)10-13-8-9-22(19,20)11-13/h4-7,12-13H,3,8-11H2,1-2H3,(H,17,18)/t12-,13+/m0/s1. The van der Waals surface area contributed by atoms with Gasteiger partial charge in [-0.25, -0.2) is 8.42 Å². The molecule has 2 rings (SSSR count). The Morgan fingerprint density at radius 2 is 2.05 bits per heavy atom. The molecule has 4 nitrogen and oxygen atoms in total. The summed E-state index contributed by atoms with van der Waals surface area (Å²) >= 11 is 1.79. The normalized spacial score (nSPS) is 21.5. The second kappa shape index (κ2) is 7.51. The van der Waals surface area contributed by atoms with Crippen LogP contribution in [0.2, 0.25) is 0 Å². The first-order valence-electron chi connectivity index (χ1n) is 7.62. The van der Waals surface area contributed by atoms with E-state index in [1.54, 1.807) is 11.8 Å². The molecule has 1 aliphatic heterocycles. The van der Waals surface area contributed by atoms with E-state index < -0.39 is 9.84 Å². The van der Waals surface area contributed by atoms with Crippen molar-refractivity contribution in [3.63, 3.8) is 0 Å². The molecule has 1 aromatic carbocycles.